The van der Waals surface area contributed by atoms with Crippen molar-refractivity contribution in [1.82, 2.24) is 10.6 Å². The second-order valence-corrected chi connectivity index (χ2v) is 8.83. The molecular formula is C23H26N2O4S. The zero-order valence-corrected chi connectivity index (χ0v) is 18.0. The second-order valence-electron chi connectivity index (χ2n) is 7.85. The third-order valence-corrected chi connectivity index (χ3v) is 6.84. The molecule has 2 fully saturated rings. The number of ether oxygens (including phenoxy) is 2. The van der Waals surface area contributed by atoms with Gasteiger partial charge in [-0.05, 0) is 66.8 Å². The summed E-state index contributed by atoms with van der Waals surface area (Å²) in [5, 5.41) is 7.89. The van der Waals surface area contributed by atoms with Crippen molar-refractivity contribution in [3.63, 3.8) is 0 Å². The van der Waals surface area contributed by atoms with Crippen LogP contribution in [-0.2, 0) is 4.79 Å². The van der Waals surface area contributed by atoms with E-state index in [4.69, 9.17) is 9.47 Å². The Morgan fingerprint density at radius 3 is 2.57 bits per heavy atom. The van der Waals surface area contributed by atoms with Crippen LogP contribution in [0, 0.1) is 11.8 Å². The summed E-state index contributed by atoms with van der Waals surface area (Å²) >= 11 is 1.51. The quantitative estimate of drug-likeness (QED) is 0.660. The van der Waals surface area contributed by atoms with Crippen LogP contribution in [0.1, 0.15) is 40.9 Å². The van der Waals surface area contributed by atoms with Crippen LogP contribution in [0.15, 0.2) is 41.4 Å². The molecule has 1 aromatic heterocycles. The molecule has 3 atom stereocenters. The largest absolute Gasteiger partial charge is 0.493 e. The van der Waals surface area contributed by atoms with Crippen molar-refractivity contribution >= 4 is 29.2 Å². The molecule has 2 amide bonds. The van der Waals surface area contributed by atoms with Gasteiger partial charge in [0.05, 0.1) is 14.2 Å². The lowest BCUT2D eigenvalue weighted by Gasteiger charge is -2.23. The Balaban J connectivity index is 1.53. The number of fused-ring (bicyclic) bond motifs is 2. The molecule has 2 N–H and O–H groups in total. The van der Waals surface area contributed by atoms with Crippen molar-refractivity contribution in [2.75, 3.05) is 14.2 Å². The van der Waals surface area contributed by atoms with E-state index in [-0.39, 0.29) is 23.6 Å². The molecule has 30 heavy (non-hydrogen) atoms. The minimum Gasteiger partial charge on any atom is -0.493 e. The molecule has 2 aliphatic rings. The Morgan fingerprint density at radius 2 is 1.93 bits per heavy atom. The van der Waals surface area contributed by atoms with Crippen LogP contribution in [0.2, 0.25) is 0 Å². The van der Waals surface area contributed by atoms with Gasteiger partial charge in [-0.25, -0.2) is 0 Å². The normalized spacial score (nSPS) is 22.6. The van der Waals surface area contributed by atoms with Crippen LogP contribution in [0.25, 0.3) is 6.08 Å². The number of benzene rings is 1. The first kappa shape index (κ1) is 20.5. The van der Waals surface area contributed by atoms with Gasteiger partial charge in [-0.1, -0.05) is 12.5 Å². The van der Waals surface area contributed by atoms with Gasteiger partial charge < -0.3 is 20.1 Å². The predicted octanol–water partition coefficient (Wildman–Crippen LogP) is 3.84. The summed E-state index contributed by atoms with van der Waals surface area (Å²) in [6.07, 6.45) is 6.41. The average Bonchev–Trinajstić information content (AvgIpc) is 3.51. The van der Waals surface area contributed by atoms with Gasteiger partial charge in [-0.3, -0.25) is 9.59 Å². The Hall–Kier alpha value is -2.80. The van der Waals surface area contributed by atoms with Gasteiger partial charge in [0.25, 0.3) is 11.8 Å². The summed E-state index contributed by atoms with van der Waals surface area (Å²) in [4.78, 5) is 26.9. The maximum absolute atomic E-state index is 13.1. The fourth-order valence-electron chi connectivity index (χ4n) is 4.51. The molecule has 158 valence electrons. The Morgan fingerprint density at radius 1 is 1.10 bits per heavy atom. The third-order valence-electron chi connectivity index (χ3n) is 6.02. The summed E-state index contributed by atoms with van der Waals surface area (Å²) in [6.45, 7) is 0. The van der Waals surface area contributed by atoms with Crippen molar-refractivity contribution in [3.05, 3.63) is 51.8 Å². The molecule has 1 heterocycles. The van der Waals surface area contributed by atoms with Crippen LogP contribution in [0.5, 0.6) is 11.5 Å². The standard InChI is InChI=1S/C23H26N2O4S/c1-28-20-8-7-16(12-21(20)29-2)22(26)25-19(13-17-4-3-9-30-17)23(27)24-18-11-14-5-6-15(18)10-14/h3-4,7-9,12-15,18H,5-6,10-11H2,1-2H3,(H,24,27)(H,25,26)/b19-13-/t14-,15+,18-/m0/s1. The second kappa shape index (κ2) is 8.92. The van der Waals surface area contributed by atoms with E-state index in [0.29, 0.717) is 23.0 Å². The number of amides is 2. The smallest absolute Gasteiger partial charge is 0.268 e. The summed E-state index contributed by atoms with van der Waals surface area (Å²) in [7, 11) is 3.06. The highest BCUT2D eigenvalue weighted by atomic mass is 32.1. The number of methoxy groups -OCH3 is 2. The first-order valence-corrected chi connectivity index (χ1v) is 11.0. The predicted molar refractivity (Wildman–Crippen MR) is 117 cm³/mol. The van der Waals surface area contributed by atoms with E-state index in [2.05, 4.69) is 10.6 Å². The van der Waals surface area contributed by atoms with E-state index in [9.17, 15) is 9.59 Å². The number of carbonyl (C=O) groups is 2. The van der Waals surface area contributed by atoms with Crippen LogP contribution in [0.4, 0.5) is 0 Å². The van der Waals surface area contributed by atoms with E-state index in [0.717, 1.165) is 17.2 Å². The molecule has 4 rings (SSSR count). The number of hydrogen-bond donors (Lipinski definition) is 2. The molecule has 2 bridgehead atoms. The molecule has 0 aliphatic heterocycles. The number of carbonyl (C=O) groups excluding carboxylic acids is 2. The molecule has 0 radical (unpaired) electrons. The number of thiophene rings is 1. The molecule has 2 aliphatic carbocycles. The van der Waals surface area contributed by atoms with Gasteiger partial charge in [0, 0.05) is 16.5 Å². The van der Waals surface area contributed by atoms with E-state index in [1.807, 2.05) is 17.5 Å². The lowest BCUT2D eigenvalue weighted by atomic mass is 9.95. The number of hydrogen-bond acceptors (Lipinski definition) is 5. The van der Waals surface area contributed by atoms with Crippen molar-refractivity contribution in [3.8, 4) is 11.5 Å². The zero-order chi connectivity index (χ0) is 21.1. The number of rotatable bonds is 7. The van der Waals surface area contributed by atoms with Gasteiger partial charge in [-0.15, -0.1) is 11.3 Å². The Bertz CT molecular complexity index is 954. The lowest BCUT2D eigenvalue weighted by molar-refractivity contribution is -0.118. The van der Waals surface area contributed by atoms with Crippen LogP contribution < -0.4 is 20.1 Å². The van der Waals surface area contributed by atoms with Gasteiger partial charge in [0.15, 0.2) is 11.5 Å². The van der Waals surface area contributed by atoms with Crippen molar-refractivity contribution < 1.29 is 19.1 Å². The molecular weight excluding hydrogens is 400 g/mol. The molecule has 0 spiro atoms. The molecule has 0 saturated heterocycles. The number of nitrogens with one attached hydrogen (secondary N) is 2. The summed E-state index contributed by atoms with van der Waals surface area (Å²) < 4.78 is 10.5. The van der Waals surface area contributed by atoms with Crippen molar-refractivity contribution in [1.29, 1.82) is 0 Å². The summed E-state index contributed by atoms with van der Waals surface area (Å²) in [5.41, 5.74) is 0.637. The fourth-order valence-corrected chi connectivity index (χ4v) is 5.17. The monoisotopic (exact) mass is 426 g/mol. The average molecular weight is 427 g/mol. The minimum absolute atomic E-state index is 0.195. The van der Waals surface area contributed by atoms with Crippen molar-refractivity contribution in [2.45, 2.75) is 31.7 Å². The van der Waals surface area contributed by atoms with Crippen LogP contribution in [0.3, 0.4) is 0 Å². The van der Waals surface area contributed by atoms with Gasteiger partial charge in [-0.2, -0.15) is 0 Å². The van der Waals surface area contributed by atoms with Crippen LogP contribution >= 0.6 is 11.3 Å². The molecule has 1 aromatic carbocycles. The van der Waals surface area contributed by atoms with Crippen LogP contribution in [-0.4, -0.2) is 32.1 Å². The third kappa shape index (κ3) is 4.36. The maximum atomic E-state index is 13.1. The van der Waals surface area contributed by atoms with Gasteiger partial charge in [0.1, 0.15) is 5.70 Å². The first-order chi connectivity index (χ1) is 14.6. The Kier molecular flexibility index (Phi) is 6.08. The lowest BCUT2D eigenvalue weighted by Crippen LogP contribution is -2.42. The zero-order valence-electron chi connectivity index (χ0n) is 17.1. The highest BCUT2D eigenvalue weighted by Gasteiger charge is 2.40. The highest BCUT2D eigenvalue weighted by Crippen LogP contribution is 2.44. The van der Waals surface area contributed by atoms with Crippen molar-refractivity contribution in [2.24, 2.45) is 11.8 Å². The fraction of sp³-hybridized carbons (Fsp3) is 0.391. The molecule has 6 nitrogen and oxygen atoms in total. The van der Waals surface area contributed by atoms with Gasteiger partial charge in [0.2, 0.25) is 0 Å². The topological polar surface area (TPSA) is 76.7 Å². The van der Waals surface area contributed by atoms with E-state index in [1.54, 1.807) is 31.4 Å². The van der Waals surface area contributed by atoms with Gasteiger partial charge >= 0.3 is 0 Å². The molecule has 0 unspecified atom stereocenters. The highest BCUT2D eigenvalue weighted by molar-refractivity contribution is 7.10. The summed E-state index contributed by atoms with van der Waals surface area (Å²) in [5.74, 6) is 1.67. The molecule has 2 aromatic rings. The van der Waals surface area contributed by atoms with E-state index < -0.39 is 0 Å². The maximum Gasteiger partial charge on any atom is 0.268 e. The Labute approximate surface area is 180 Å². The SMILES string of the molecule is COc1ccc(C(=O)N/C(=C\c2cccs2)C(=O)N[C@H]2C[C@H]3CC[C@@H]2C3)cc1OC. The molecule has 2 saturated carbocycles. The minimum atomic E-state index is -0.373. The molecule has 7 heteroatoms. The first-order valence-electron chi connectivity index (χ1n) is 10.2. The summed E-state index contributed by atoms with van der Waals surface area (Å²) in [6, 6.07) is 8.95. The van der Waals surface area contributed by atoms with E-state index in [1.165, 1.54) is 37.7 Å². The van der Waals surface area contributed by atoms with E-state index >= 15 is 0 Å².